The van der Waals surface area contributed by atoms with Crippen molar-refractivity contribution < 1.29 is 8.94 Å². The van der Waals surface area contributed by atoms with E-state index in [0.717, 1.165) is 23.1 Å². The summed E-state index contributed by atoms with van der Waals surface area (Å²) in [5.74, 6) is 3.16. The summed E-state index contributed by atoms with van der Waals surface area (Å²) in [5, 5.41) is 17.2. The number of aromatic nitrogens is 5. The lowest BCUT2D eigenvalue weighted by Gasteiger charge is -2.04. The summed E-state index contributed by atoms with van der Waals surface area (Å²) in [6.07, 6.45) is 1.63. The molecule has 7 nitrogen and oxygen atoms in total. The van der Waals surface area contributed by atoms with Gasteiger partial charge in [-0.1, -0.05) is 16.9 Å². The molecule has 0 aliphatic rings. The highest BCUT2D eigenvalue weighted by molar-refractivity contribution is 7.98. The molecular weight excluding hydrogens is 346 g/mol. The lowest BCUT2D eigenvalue weighted by Crippen LogP contribution is -1.99. The normalized spacial score (nSPS) is 11.2. The van der Waals surface area contributed by atoms with E-state index in [4.69, 9.17) is 8.94 Å². The summed E-state index contributed by atoms with van der Waals surface area (Å²) in [7, 11) is 0. The summed E-state index contributed by atoms with van der Waals surface area (Å²) in [5.41, 5.74) is 0.945. The zero-order chi connectivity index (χ0) is 16.4. The Kier molecular flexibility index (Phi) is 4.18. The second-order valence-electron chi connectivity index (χ2n) is 4.84. The highest BCUT2D eigenvalue weighted by Crippen LogP contribution is 2.27. The zero-order valence-electron chi connectivity index (χ0n) is 12.7. The molecule has 0 radical (unpaired) electrons. The van der Waals surface area contributed by atoms with Gasteiger partial charge in [-0.15, -0.1) is 10.2 Å². The fraction of sp³-hybridized carbons (Fsp3) is 0.200. The molecule has 0 N–H and O–H groups in total. The number of thioether (sulfide) groups is 1. The standard InChI is InChI=1S/C15H13N5O2S2/c1-2-20-13(11-4-3-6-21-11)17-18-15(20)24-9-12-16-14(22-19-12)10-5-7-23-8-10/h3-8H,2,9H2,1H3. The molecular formula is C15H13N5O2S2. The fourth-order valence-corrected chi connectivity index (χ4v) is 3.69. The Hall–Kier alpha value is -2.39. The first-order chi connectivity index (χ1) is 11.8. The van der Waals surface area contributed by atoms with Gasteiger partial charge in [-0.05, 0) is 30.5 Å². The van der Waals surface area contributed by atoms with Crippen molar-refractivity contribution in [3.63, 3.8) is 0 Å². The third-order valence-corrected chi connectivity index (χ3v) is 4.99. The molecule has 4 aromatic heterocycles. The van der Waals surface area contributed by atoms with Crippen LogP contribution in [0.1, 0.15) is 12.7 Å². The largest absolute Gasteiger partial charge is 0.461 e. The maximum Gasteiger partial charge on any atom is 0.258 e. The molecule has 4 aromatic rings. The highest BCUT2D eigenvalue weighted by atomic mass is 32.2. The van der Waals surface area contributed by atoms with Crippen LogP contribution < -0.4 is 0 Å². The van der Waals surface area contributed by atoms with Crippen LogP contribution in [0.4, 0.5) is 0 Å². The molecule has 122 valence electrons. The van der Waals surface area contributed by atoms with Gasteiger partial charge in [0.2, 0.25) is 0 Å². The SMILES string of the molecule is CCn1c(SCc2noc(-c3ccsc3)n2)nnc1-c1ccco1. The quantitative estimate of drug-likeness (QED) is 0.482. The first-order valence-electron chi connectivity index (χ1n) is 7.30. The Balaban J connectivity index is 1.50. The predicted octanol–water partition coefficient (Wildman–Crippen LogP) is 3.96. The summed E-state index contributed by atoms with van der Waals surface area (Å²) in [4.78, 5) is 4.41. The second kappa shape index (κ2) is 6.62. The number of nitrogens with zero attached hydrogens (tertiary/aromatic N) is 5. The molecule has 9 heteroatoms. The number of thiophene rings is 1. The van der Waals surface area contributed by atoms with Crippen molar-refractivity contribution >= 4 is 23.1 Å². The Morgan fingerprint density at radius 1 is 1.29 bits per heavy atom. The van der Waals surface area contributed by atoms with Gasteiger partial charge < -0.3 is 8.94 Å². The van der Waals surface area contributed by atoms with Crippen LogP contribution in [0, 0.1) is 0 Å². The third kappa shape index (κ3) is 2.87. The first-order valence-corrected chi connectivity index (χ1v) is 9.23. The van der Waals surface area contributed by atoms with Gasteiger partial charge in [0.25, 0.3) is 5.89 Å². The van der Waals surface area contributed by atoms with Crippen molar-refractivity contribution in [1.82, 2.24) is 24.9 Å². The summed E-state index contributed by atoms with van der Waals surface area (Å²) in [6, 6.07) is 5.66. The van der Waals surface area contributed by atoms with Crippen LogP contribution in [0.15, 0.2) is 49.3 Å². The topological polar surface area (TPSA) is 82.8 Å². The van der Waals surface area contributed by atoms with Crippen LogP contribution in [0.3, 0.4) is 0 Å². The molecule has 0 aliphatic carbocycles. The van der Waals surface area contributed by atoms with Crippen molar-refractivity contribution in [1.29, 1.82) is 0 Å². The van der Waals surface area contributed by atoms with E-state index in [-0.39, 0.29) is 0 Å². The average Bonchev–Trinajstić information content (AvgIpc) is 3.40. The number of hydrogen-bond donors (Lipinski definition) is 0. The minimum Gasteiger partial charge on any atom is -0.461 e. The van der Waals surface area contributed by atoms with E-state index in [1.165, 1.54) is 11.8 Å². The van der Waals surface area contributed by atoms with Gasteiger partial charge in [0.1, 0.15) is 0 Å². The van der Waals surface area contributed by atoms with Gasteiger partial charge in [-0.2, -0.15) is 16.3 Å². The molecule has 0 aromatic carbocycles. The lowest BCUT2D eigenvalue weighted by molar-refractivity contribution is 0.425. The average molecular weight is 359 g/mol. The van der Waals surface area contributed by atoms with Crippen molar-refractivity contribution in [3.8, 4) is 23.0 Å². The highest BCUT2D eigenvalue weighted by Gasteiger charge is 2.16. The number of rotatable bonds is 6. The number of hydrogen-bond acceptors (Lipinski definition) is 8. The van der Waals surface area contributed by atoms with E-state index in [9.17, 15) is 0 Å². The minimum absolute atomic E-state index is 0.542. The molecule has 0 fully saturated rings. The van der Waals surface area contributed by atoms with Crippen molar-refractivity contribution in [3.05, 3.63) is 41.0 Å². The summed E-state index contributed by atoms with van der Waals surface area (Å²) < 4.78 is 12.7. The van der Waals surface area contributed by atoms with Gasteiger partial charge >= 0.3 is 0 Å². The molecule has 0 saturated heterocycles. The van der Waals surface area contributed by atoms with Crippen LogP contribution in [-0.2, 0) is 12.3 Å². The van der Waals surface area contributed by atoms with Crippen LogP contribution in [-0.4, -0.2) is 24.9 Å². The maximum absolute atomic E-state index is 5.41. The van der Waals surface area contributed by atoms with Gasteiger partial charge in [0, 0.05) is 11.9 Å². The molecule has 0 spiro atoms. The Morgan fingerprint density at radius 2 is 2.25 bits per heavy atom. The van der Waals surface area contributed by atoms with E-state index in [1.54, 1.807) is 17.6 Å². The van der Waals surface area contributed by atoms with E-state index < -0.39 is 0 Å². The predicted molar refractivity (Wildman–Crippen MR) is 90.6 cm³/mol. The van der Waals surface area contributed by atoms with E-state index >= 15 is 0 Å². The van der Waals surface area contributed by atoms with Crippen LogP contribution in [0.2, 0.25) is 0 Å². The van der Waals surface area contributed by atoms with Crippen molar-refractivity contribution in [2.24, 2.45) is 0 Å². The summed E-state index contributed by atoms with van der Waals surface area (Å²) >= 11 is 3.12. The fourth-order valence-electron chi connectivity index (χ4n) is 2.21. The molecule has 0 unspecified atom stereocenters. The molecule has 4 rings (SSSR count). The van der Waals surface area contributed by atoms with Gasteiger partial charge in [-0.3, -0.25) is 4.57 Å². The number of furan rings is 1. The monoisotopic (exact) mass is 359 g/mol. The second-order valence-corrected chi connectivity index (χ2v) is 6.57. The molecule has 0 bridgehead atoms. The van der Waals surface area contributed by atoms with E-state index in [2.05, 4.69) is 20.3 Å². The van der Waals surface area contributed by atoms with Crippen molar-refractivity contribution in [2.75, 3.05) is 0 Å². The van der Waals surface area contributed by atoms with Crippen LogP contribution in [0.25, 0.3) is 23.0 Å². The van der Waals surface area contributed by atoms with Gasteiger partial charge in [0.05, 0.1) is 17.6 Å². The molecule has 0 saturated carbocycles. The lowest BCUT2D eigenvalue weighted by atomic mass is 10.3. The smallest absolute Gasteiger partial charge is 0.258 e. The van der Waals surface area contributed by atoms with Crippen LogP contribution >= 0.6 is 23.1 Å². The third-order valence-electron chi connectivity index (χ3n) is 3.34. The van der Waals surface area contributed by atoms with Gasteiger partial charge in [0.15, 0.2) is 22.6 Å². The van der Waals surface area contributed by atoms with E-state index in [1.807, 2.05) is 40.5 Å². The van der Waals surface area contributed by atoms with Crippen molar-refractivity contribution in [2.45, 2.75) is 24.4 Å². The Morgan fingerprint density at radius 3 is 3.00 bits per heavy atom. The molecule has 0 amide bonds. The molecule has 0 atom stereocenters. The Labute approximate surface area is 145 Å². The zero-order valence-corrected chi connectivity index (χ0v) is 14.4. The van der Waals surface area contributed by atoms with Crippen LogP contribution in [0.5, 0.6) is 0 Å². The molecule has 4 heterocycles. The van der Waals surface area contributed by atoms with E-state index in [0.29, 0.717) is 23.2 Å². The molecule has 24 heavy (non-hydrogen) atoms. The molecule has 0 aliphatic heterocycles. The first kappa shape index (κ1) is 15.2. The minimum atomic E-state index is 0.542. The Bertz CT molecular complexity index is 912. The maximum atomic E-state index is 5.41. The summed E-state index contributed by atoms with van der Waals surface area (Å²) in [6.45, 7) is 2.79. The van der Waals surface area contributed by atoms with Gasteiger partial charge in [-0.25, -0.2) is 0 Å².